The summed E-state index contributed by atoms with van der Waals surface area (Å²) in [5.41, 5.74) is 22.7. The van der Waals surface area contributed by atoms with Crippen molar-refractivity contribution in [3.63, 3.8) is 0 Å². The molecule has 3 aromatic rings. The summed E-state index contributed by atoms with van der Waals surface area (Å²) in [7, 11) is 0. The lowest BCUT2D eigenvalue weighted by molar-refractivity contribution is 1.26. The van der Waals surface area contributed by atoms with Gasteiger partial charge in [-0.2, -0.15) is 0 Å². The number of nitrogens with two attached hydrogens (primary N) is 2. The Labute approximate surface area is 130 Å². The number of aryl methyl sites for hydroxylation is 1. The first kappa shape index (κ1) is 13.0. The molecular weight excluding hydrogens is 268 g/mol. The number of rotatable bonds is 1. The zero-order valence-corrected chi connectivity index (χ0v) is 12.6. The van der Waals surface area contributed by atoms with E-state index in [1.807, 2.05) is 12.1 Å². The smallest absolute Gasteiger partial charge is 0.0397 e. The molecule has 0 aliphatic heterocycles. The van der Waals surface area contributed by atoms with Gasteiger partial charge in [0.05, 0.1) is 0 Å². The van der Waals surface area contributed by atoms with E-state index in [1.54, 1.807) is 0 Å². The maximum atomic E-state index is 6.33. The summed E-state index contributed by atoms with van der Waals surface area (Å²) >= 11 is 0. The first-order valence-electron chi connectivity index (χ1n) is 7.51. The molecule has 0 radical (unpaired) electrons. The highest BCUT2D eigenvalue weighted by Crippen LogP contribution is 2.45. The zero-order valence-electron chi connectivity index (χ0n) is 12.6. The first-order valence-corrected chi connectivity index (χ1v) is 7.51. The summed E-state index contributed by atoms with van der Waals surface area (Å²) in [6, 6.07) is 18.7. The summed E-state index contributed by atoms with van der Waals surface area (Å²) in [5.74, 6) is 0. The van der Waals surface area contributed by atoms with Crippen LogP contribution in [0.3, 0.4) is 0 Å². The lowest BCUT2D eigenvalue weighted by atomic mass is 9.91. The highest BCUT2D eigenvalue weighted by atomic mass is 14.6. The van der Waals surface area contributed by atoms with E-state index in [-0.39, 0.29) is 0 Å². The molecular formula is C20H18N2. The monoisotopic (exact) mass is 286 g/mol. The van der Waals surface area contributed by atoms with Gasteiger partial charge < -0.3 is 11.5 Å². The van der Waals surface area contributed by atoms with Gasteiger partial charge in [-0.1, -0.05) is 36.4 Å². The Morgan fingerprint density at radius 3 is 2.41 bits per heavy atom. The average molecular weight is 286 g/mol. The molecule has 1 aliphatic carbocycles. The minimum atomic E-state index is 0.817. The fourth-order valence-electron chi connectivity index (χ4n) is 3.49. The largest absolute Gasteiger partial charge is 0.399 e. The predicted molar refractivity (Wildman–Crippen MR) is 93.7 cm³/mol. The van der Waals surface area contributed by atoms with Crippen molar-refractivity contribution in [3.8, 4) is 22.3 Å². The third kappa shape index (κ3) is 1.81. The summed E-state index contributed by atoms with van der Waals surface area (Å²) in [6.45, 7) is 2.13. The van der Waals surface area contributed by atoms with E-state index >= 15 is 0 Å². The molecule has 2 heteroatoms. The van der Waals surface area contributed by atoms with Crippen LogP contribution < -0.4 is 11.5 Å². The molecule has 0 fully saturated rings. The van der Waals surface area contributed by atoms with Crippen LogP contribution in [0.5, 0.6) is 0 Å². The van der Waals surface area contributed by atoms with E-state index in [4.69, 9.17) is 11.5 Å². The second kappa shape index (κ2) is 4.63. The molecule has 0 saturated carbocycles. The molecule has 1 aliphatic rings. The molecule has 0 unspecified atom stereocenters. The second-order valence-electron chi connectivity index (χ2n) is 5.96. The molecule has 0 aromatic heterocycles. The van der Waals surface area contributed by atoms with Crippen LogP contribution in [0.15, 0.2) is 54.6 Å². The number of hydrogen-bond acceptors (Lipinski definition) is 2. The van der Waals surface area contributed by atoms with Crippen molar-refractivity contribution >= 4 is 11.4 Å². The summed E-state index contributed by atoms with van der Waals surface area (Å²) < 4.78 is 0. The topological polar surface area (TPSA) is 52.0 Å². The fraction of sp³-hybridized carbons (Fsp3) is 0.100. The molecule has 22 heavy (non-hydrogen) atoms. The van der Waals surface area contributed by atoms with E-state index in [0.29, 0.717) is 0 Å². The van der Waals surface area contributed by atoms with Crippen molar-refractivity contribution in [1.82, 2.24) is 0 Å². The van der Waals surface area contributed by atoms with Gasteiger partial charge in [-0.05, 0) is 64.9 Å². The van der Waals surface area contributed by atoms with E-state index < -0.39 is 0 Å². The Morgan fingerprint density at radius 1 is 0.818 bits per heavy atom. The van der Waals surface area contributed by atoms with Crippen LogP contribution in [0, 0.1) is 6.92 Å². The van der Waals surface area contributed by atoms with Gasteiger partial charge in [0.2, 0.25) is 0 Å². The van der Waals surface area contributed by atoms with Gasteiger partial charge in [0.15, 0.2) is 0 Å². The number of fused-ring (bicyclic) bond motifs is 3. The van der Waals surface area contributed by atoms with Crippen LogP contribution in [0.1, 0.15) is 16.7 Å². The number of nitrogen functional groups attached to an aromatic ring is 2. The fourth-order valence-corrected chi connectivity index (χ4v) is 3.49. The van der Waals surface area contributed by atoms with Gasteiger partial charge in [-0.25, -0.2) is 0 Å². The lowest BCUT2D eigenvalue weighted by Gasteiger charge is -2.14. The Bertz CT molecular complexity index is 894. The average Bonchev–Trinajstić information content (AvgIpc) is 2.85. The first-order chi connectivity index (χ1) is 10.6. The van der Waals surface area contributed by atoms with Gasteiger partial charge in [-0.15, -0.1) is 0 Å². The van der Waals surface area contributed by atoms with Crippen LogP contribution in [-0.4, -0.2) is 0 Å². The van der Waals surface area contributed by atoms with Crippen molar-refractivity contribution in [3.05, 3.63) is 71.3 Å². The standard InChI is InChI=1S/C20H18N2/c1-12-4-2-3-5-15(12)20-18-11-13-10-14(21)6-7-16(13)17(18)8-9-19(20)22/h2-10H,11,21-22H2,1H3. The zero-order chi connectivity index (χ0) is 15.3. The SMILES string of the molecule is Cc1ccccc1-c1c(N)ccc2c1Cc1cc(N)ccc1-2. The van der Waals surface area contributed by atoms with Crippen LogP contribution in [0.25, 0.3) is 22.3 Å². The predicted octanol–water partition coefficient (Wildman–Crippen LogP) is 4.40. The van der Waals surface area contributed by atoms with Crippen LogP contribution >= 0.6 is 0 Å². The summed E-state index contributed by atoms with van der Waals surface area (Å²) in [4.78, 5) is 0. The second-order valence-corrected chi connectivity index (χ2v) is 5.96. The molecule has 0 spiro atoms. The maximum Gasteiger partial charge on any atom is 0.0397 e. The third-order valence-electron chi connectivity index (χ3n) is 4.55. The quantitative estimate of drug-likeness (QED) is 0.510. The molecule has 4 rings (SSSR count). The molecule has 0 atom stereocenters. The Morgan fingerprint density at radius 2 is 1.59 bits per heavy atom. The Kier molecular flexibility index (Phi) is 2.73. The van der Waals surface area contributed by atoms with Crippen molar-refractivity contribution in [2.24, 2.45) is 0 Å². The van der Waals surface area contributed by atoms with Gasteiger partial charge in [0, 0.05) is 16.9 Å². The number of anilines is 2. The Hall–Kier alpha value is -2.74. The van der Waals surface area contributed by atoms with E-state index in [1.165, 1.54) is 38.9 Å². The van der Waals surface area contributed by atoms with E-state index in [2.05, 4.69) is 49.4 Å². The van der Waals surface area contributed by atoms with E-state index in [0.717, 1.165) is 17.8 Å². The van der Waals surface area contributed by atoms with Crippen molar-refractivity contribution in [1.29, 1.82) is 0 Å². The molecule has 0 saturated heterocycles. The minimum absolute atomic E-state index is 0.817. The lowest BCUT2D eigenvalue weighted by Crippen LogP contribution is -1.97. The van der Waals surface area contributed by atoms with Crippen LogP contribution in [0.4, 0.5) is 11.4 Å². The minimum Gasteiger partial charge on any atom is -0.399 e. The molecule has 0 heterocycles. The van der Waals surface area contributed by atoms with Crippen molar-refractivity contribution < 1.29 is 0 Å². The highest BCUT2D eigenvalue weighted by molar-refractivity contribution is 5.91. The van der Waals surface area contributed by atoms with E-state index in [9.17, 15) is 0 Å². The van der Waals surface area contributed by atoms with Crippen LogP contribution in [0.2, 0.25) is 0 Å². The highest BCUT2D eigenvalue weighted by Gasteiger charge is 2.23. The normalized spacial score (nSPS) is 12.0. The summed E-state index contributed by atoms with van der Waals surface area (Å²) in [5, 5.41) is 0. The van der Waals surface area contributed by atoms with Gasteiger partial charge in [0.25, 0.3) is 0 Å². The van der Waals surface area contributed by atoms with Gasteiger partial charge in [-0.3, -0.25) is 0 Å². The molecule has 3 aromatic carbocycles. The van der Waals surface area contributed by atoms with Crippen molar-refractivity contribution in [2.45, 2.75) is 13.3 Å². The molecule has 108 valence electrons. The third-order valence-corrected chi connectivity index (χ3v) is 4.55. The molecule has 4 N–H and O–H groups in total. The summed E-state index contributed by atoms with van der Waals surface area (Å²) in [6.07, 6.45) is 0.893. The maximum absolute atomic E-state index is 6.33. The molecule has 0 bridgehead atoms. The number of hydrogen-bond donors (Lipinski definition) is 2. The number of benzene rings is 3. The Balaban J connectivity index is 1.99. The van der Waals surface area contributed by atoms with Crippen molar-refractivity contribution in [2.75, 3.05) is 11.5 Å². The van der Waals surface area contributed by atoms with Gasteiger partial charge in [0.1, 0.15) is 0 Å². The van der Waals surface area contributed by atoms with Crippen LogP contribution in [-0.2, 0) is 6.42 Å². The van der Waals surface area contributed by atoms with Gasteiger partial charge >= 0.3 is 0 Å². The molecule has 2 nitrogen and oxygen atoms in total. The molecule has 0 amide bonds.